The van der Waals surface area contributed by atoms with Gasteiger partial charge in [-0.2, -0.15) is 0 Å². The summed E-state index contributed by atoms with van der Waals surface area (Å²) in [6.07, 6.45) is 28.9. The zero-order chi connectivity index (χ0) is 34.3. The lowest BCUT2D eigenvalue weighted by molar-refractivity contribution is 0.300. The molecule has 0 saturated carbocycles. The Bertz CT molecular complexity index is 1220. The summed E-state index contributed by atoms with van der Waals surface area (Å²) in [4.78, 5) is 18.1. The maximum atomic E-state index is 5.98. The van der Waals surface area contributed by atoms with Crippen molar-refractivity contribution in [2.24, 2.45) is 0 Å². The van der Waals surface area contributed by atoms with Crippen molar-refractivity contribution in [2.45, 2.75) is 116 Å². The summed E-state index contributed by atoms with van der Waals surface area (Å²) < 4.78 is 23.8. The lowest BCUT2D eigenvalue weighted by Crippen LogP contribution is -2.00. The molecule has 8 bridgehead atoms. The van der Waals surface area contributed by atoms with Gasteiger partial charge >= 0.3 is 0 Å². The van der Waals surface area contributed by atoms with Gasteiger partial charge in [-0.15, -0.1) is 0 Å². The molecule has 4 aromatic rings. The van der Waals surface area contributed by atoms with Crippen molar-refractivity contribution in [1.82, 2.24) is 19.9 Å². The molecule has 0 spiro atoms. The van der Waals surface area contributed by atoms with E-state index in [1.54, 1.807) is 24.8 Å². The fourth-order valence-electron chi connectivity index (χ4n) is 6.12. The molecule has 0 unspecified atom stereocenters. The first-order valence-electron chi connectivity index (χ1n) is 19.2. The molecule has 8 nitrogen and oxygen atoms in total. The number of ether oxygens (including phenoxy) is 4. The standard InChI is InChI=1S/C42H56N4O4/c1-3-7-11-15-27-47-37-23-19-35(20-24-37)41-43-31-39(32-44-41)49-29-17-13-9-5-2-6-10-14-18-30-50-40-33-45-42(46-34-40)36-21-25-38(26-22-36)48-28-16-12-8-4-1/h19-26,31-34H,1-18,27-30H2. The molecule has 268 valence electrons. The zero-order valence-corrected chi connectivity index (χ0v) is 29.9. The Labute approximate surface area is 299 Å². The van der Waals surface area contributed by atoms with Crippen LogP contribution in [-0.4, -0.2) is 46.4 Å². The lowest BCUT2D eigenvalue weighted by atomic mass is 10.1. The van der Waals surface area contributed by atoms with Gasteiger partial charge in [0.1, 0.15) is 11.5 Å². The molecule has 8 heteroatoms. The van der Waals surface area contributed by atoms with E-state index < -0.39 is 0 Å². The van der Waals surface area contributed by atoms with Crippen molar-refractivity contribution >= 4 is 0 Å². The quantitative estimate of drug-likeness (QED) is 0.181. The van der Waals surface area contributed by atoms with E-state index >= 15 is 0 Å². The largest absolute Gasteiger partial charge is 0.494 e. The molecule has 0 atom stereocenters. The number of aromatic nitrogens is 4. The van der Waals surface area contributed by atoms with Crippen LogP contribution in [0.3, 0.4) is 0 Å². The van der Waals surface area contributed by atoms with E-state index in [1.165, 1.54) is 89.9 Å². The average Bonchev–Trinajstić information content (AvgIpc) is 3.16. The van der Waals surface area contributed by atoms with E-state index in [-0.39, 0.29) is 0 Å². The summed E-state index contributed by atoms with van der Waals surface area (Å²) in [6, 6.07) is 16.1. The van der Waals surface area contributed by atoms with E-state index in [1.807, 2.05) is 48.5 Å². The van der Waals surface area contributed by atoms with Crippen molar-refractivity contribution in [3.63, 3.8) is 0 Å². The molecule has 0 aliphatic carbocycles. The van der Waals surface area contributed by atoms with Crippen LogP contribution in [0.4, 0.5) is 0 Å². The Morgan fingerprint density at radius 2 is 0.520 bits per heavy atom. The fourth-order valence-corrected chi connectivity index (χ4v) is 6.12. The number of rotatable bonds is 0. The van der Waals surface area contributed by atoms with Crippen molar-refractivity contribution in [3.05, 3.63) is 73.3 Å². The third kappa shape index (κ3) is 14.0. The van der Waals surface area contributed by atoms with Crippen LogP contribution in [-0.2, 0) is 0 Å². The van der Waals surface area contributed by atoms with Crippen LogP contribution in [0.5, 0.6) is 23.0 Å². The number of benzene rings is 2. The summed E-state index contributed by atoms with van der Waals surface area (Å²) in [7, 11) is 0. The van der Waals surface area contributed by atoms with Gasteiger partial charge in [0.2, 0.25) is 0 Å². The minimum absolute atomic E-state index is 0.698. The van der Waals surface area contributed by atoms with Gasteiger partial charge in [-0.05, 0) is 74.2 Å². The predicted octanol–water partition coefficient (Wildman–Crippen LogP) is 10.9. The molecule has 14 rings (SSSR count). The highest BCUT2D eigenvalue weighted by atomic mass is 16.5. The predicted molar refractivity (Wildman–Crippen MR) is 200 cm³/mol. The number of hydrogen-bond acceptors (Lipinski definition) is 8. The Morgan fingerprint density at radius 1 is 0.280 bits per heavy atom. The van der Waals surface area contributed by atoms with E-state index in [9.17, 15) is 0 Å². The molecule has 50 heavy (non-hydrogen) atoms. The van der Waals surface area contributed by atoms with Gasteiger partial charge in [-0.1, -0.05) is 89.9 Å². The van der Waals surface area contributed by atoms with E-state index in [2.05, 4.69) is 19.9 Å². The topological polar surface area (TPSA) is 88.5 Å². The van der Waals surface area contributed by atoms with E-state index in [4.69, 9.17) is 18.9 Å². The highest BCUT2D eigenvalue weighted by Crippen LogP contribution is 2.23. The van der Waals surface area contributed by atoms with Gasteiger partial charge in [0.15, 0.2) is 23.1 Å². The summed E-state index contributed by atoms with van der Waals surface area (Å²) in [5.74, 6) is 4.63. The summed E-state index contributed by atoms with van der Waals surface area (Å²) in [6.45, 7) is 2.90. The molecular formula is C42H56N4O4. The number of nitrogens with zero attached hydrogens (tertiary/aromatic N) is 4. The van der Waals surface area contributed by atoms with Crippen molar-refractivity contribution in [1.29, 1.82) is 0 Å². The van der Waals surface area contributed by atoms with Crippen molar-refractivity contribution in [3.8, 4) is 45.8 Å². The van der Waals surface area contributed by atoms with Gasteiger partial charge in [0.25, 0.3) is 0 Å². The minimum Gasteiger partial charge on any atom is -0.494 e. The molecule has 10 aliphatic rings. The van der Waals surface area contributed by atoms with Crippen molar-refractivity contribution < 1.29 is 18.9 Å². The molecular weight excluding hydrogens is 624 g/mol. The first kappa shape index (κ1) is 37.1. The second-order valence-electron chi connectivity index (χ2n) is 13.3. The highest BCUT2D eigenvalue weighted by molar-refractivity contribution is 5.57. The molecule has 0 radical (unpaired) electrons. The molecule has 2 aromatic heterocycles. The van der Waals surface area contributed by atoms with Crippen LogP contribution >= 0.6 is 0 Å². The van der Waals surface area contributed by atoms with Gasteiger partial charge in [0.05, 0.1) is 51.2 Å². The second kappa shape index (κ2) is 22.5. The maximum absolute atomic E-state index is 5.98. The minimum atomic E-state index is 0.698. The van der Waals surface area contributed by atoms with Crippen LogP contribution in [0.2, 0.25) is 0 Å². The summed E-state index contributed by atoms with van der Waals surface area (Å²) in [5, 5.41) is 0. The molecule has 0 N–H and O–H groups in total. The molecule has 12 heterocycles. The summed E-state index contributed by atoms with van der Waals surface area (Å²) in [5.41, 5.74) is 1.95. The fraction of sp³-hybridized carbons (Fsp3) is 0.524. The van der Waals surface area contributed by atoms with Gasteiger partial charge < -0.3 is 18.9 Å². The zero-order valence-electron chi connectivity index (χ0n) is 29.9. The smallest absolute Gasteiger partial charge is 0.159 e. The van der Waals surface area contributed by atoms with Gasteiger partial charge in [-0.3, -0.25) is 0 Å². The Hall–Kier alpha value is -4.20. The van der Waals surface area contributed by atoms with E-state index in [0.717, 1.165) is 73.0 Å². The second-order valence-corrected chi connectivity index (χ2v) is 13.3. The van der Waals surface area contributed by atoms with Gasteiger partial charge in [0, 0.05) is 11.1 Å². The average molecular weight is 681 g/mol. The summed E-state index contributed by atoms with van der Waals surface area (Å²) >= 11 is 0. The SMILES string of the molecule is c1cc2ccc1OCCCCCCCCCCCOc1ccc(cc1)-c1ncc(cn1)OCCCCCCCCCCCOc1cnc-2nc1. The third-order valence-corrected chi connectivity index (χ3v) is 9.13. The van der Waals surface area contributed by atoms with Crippen molar-refractivity contribution in [2.75, 3.05) is 26.4 Å². The lowest BCUT2D eigenvalue weighted by Gasteiger charge is -2.09. The van der Waals surface area contributed by atoms with Crippen LogP contribution < -0.4 is 18.9 Å². The van der Waals surface area contributed by atoms with Gasteiger partial charge in [-0.25, -0.2) is 19.9 Å². The molecule has 0 saturated heterocycles. The van der Waals surface area contributed by atoms with Crippen LogP contribution in [0.1, 0.15) is 116 Å². The van der Waals surface area contributed by atoms with Crippen LogP contribution in [0.25, 0.3) is 22.8 Å². The highest BCUT2D eigenvalue weighted by Gasteiger charge is 2.06. The van der Waals surface area contributed by atoms with Crippen LogP contribution in [0, 0.1) is 0 Å². The maximum Gasteiger partial charge on any atom is 0.159 e. The first-order valence-corrected chi connectivity index (χ1v) is 19.2. The molecule has 0 fully saturated rings. The Morgan fingerprint density at radius 3 is 0.800 bits per heavy atom. The number of hydrogen-bond donors (Lipinski definition) is 0. The van der Waals surface area contributed by atoms with E-state index in [0.29, 0.717) is 24.9 Å². The molecule has 2 aromatic carbocycles. The third-order valence-electron chi connectivity index (χ3n) is 9.13. The Kier molecular flexibility index (Phi) is 16.7. The Balaban J connectivity index is 1.02. The normalized spacial score (nSPS) is 17.3. The van der Waals surface area contributed by atoms with Crippen LogP contribution in [0.15, 0.2) is 73.3 Å². The first-order chi connectivity index (χ1) is 24.8. The monoisotopic (exact) mass is 680 g/mol. The molecule has 10 aliphatic heterocycles. The molecule has 0 amide bonds.